The fourth-order valence-corrected chi connectivity index (χ4v) is 3.79. The zero-order chi connectivity index (χ0) is 20.5. The number of hydrogen-bond donors (Lipinski definition) is 1. The molecule has 3 aromatic carbocycles. The number of aliphatic hydroxyl groups is 1. The SMILES string of the molecule is CC(C)(C)[C@@H]1COC(c2ccccc2C(O)(c2ccccc2)c2ccccc2)=N1. The molecule has 1 N–H and O–H groups in total. The van der Waals surface area contributed by atoms with E-state index in [1.807, 2.05) is 84.9 Å². The molecule has 0 radical (unpaired) electrons. The largest absolute Gasteiger partial charge is 0.475 e. The molecular weight excluding hydrogens is 358 g/mol. The number of rotatable bonds is 4. The lowest BCUT2D eigenvalue weighted by atomic mass is 9.78. The van der Waals surface area contributed by atoms with E-state index in [2.05, 4.69) is 20.8 Å². The van der Waals surface area contributed by atoms with Gasteiger partial charge in [0.25, 0.3) is 0 Å². The van der Waals surface area contributed by atoms with Crippen LogP contribution in [0, 0.1) is 5.41 Å². The second kappa shape index (κ2) is 7.49. The molecule has 0 saturated carbocycles. The van der Waals surface area contributed by atoms with E-state index >= 15 is 0 Å². The van der Waals surface area contributed by atoms with Crippen molar-refractivity contribution in [1.82, 2.24) is 0 Å². The van der Waals surface area contributed by atoms with Crippen molar-refractivity contribution >= 4 is 5.90 Å². The van der Waals surface area contributed by atoms with Gasteiger partial charge in [-0.15, -0.1) is 0 Å². The van der Waals surface area contributed by atoms with Crippen molar-refractivity contribution in [2.75, 3.05) is 6.61 Å². The number of benzene rings is 3. The van der Waals surface area contributed by atoms with Crippen LogP contribution < -0.4 is 0 Å². The van der Waals surface area contributed by atoms with E-state index in [9.17, 15) is 5.11 Å². The summed E-state index contributed by atoms with van der Waals surface area (Å²) >= 11 is 0. The van der Waals surface area contributed by atoms with Gasteiger partial charge in [0.2, 0.25) is 5.90 Å². The highest BCUT2D eigenvalue weighted by Gasteiger charge is 2.38. The molecule has 29 heavy (non-hydrogen) atoms. The van der Waals surface area contributed by atoms with Crippen LogP contribution in [0.25, 0.3) is 0 Å². The van der Waals surface area contributed by atoms with Crippen LogP contribution in [0.15, 0.2) is 89.9 Å². The topological polar surface area (TPSA) is 41.8 Å². The summed E-state index contributed by atoms with van der Waals surface area (Å²) in [5.41, 5.74) is 1.92. The normalized spacial score (nSPS) is 17.0. The highest BCUT2D eigenvalue weighted by atomic mass is 16.5. The summed E-state index contributed by atoms with van der Waals surface area (Å²) in [6, 6.07) is 27.5. The van der Waals surface area contributed by atoms with Crippen molar-refractivity contribution in [1.29, 1.82) is 0 Å². The van der Waals surface area contributed by atoms with Gasteiger partial charge in [-0.05, 0) is 22.6 Å². The number of ether oxygens (including phenoxy) is 1. The second-order valence-electron chi connectivity index (χ2n) is 8.62. The minimum absolute atomic E-state index is 0.0197. The molecule has 1 heterocycles. The van der Waals surface area contributed by atoms with Crippen molar-refractivity contribution in [2.24, 2.45) is 10.4 Å². The van der Waals surface area contributed by atoms with E-state index in [-0.39, 0.29) is 11.5 Å². The molecule has 0 spiro atoms. The van der Waals surface area contributed by atoms with Gasteiger partial charge in [-0.1, -0.05) is 99.6 Å². The molecule has 0 fully saturated rings. The molecule has 3 nitrogen and oxygen atoms in total. The summed E-state index contributed by atoms with van der Waals surface area (Å²) < 4.78 is 6.02. The van der Waals surface area contributed by atoms with Crippen LogP contribution in [0.2, 0.25) is 0 Å². The maximum Gasteiger partial charge on any atom is 0.216 e. The second-order valence-corrected chi connectivity index (χ2v) is 8.62. The quantitative estimate of drug-likeness (QED) is 0.630. The Morgan fingerprint density at radius 3 is 1.83 bits per heavy atom. The molecule has 0 bridgehead atoms. The van der Waals surface area contributed by atoms with Gasteiger partial charge in [-0.2, -0.15) is 0 Å². The minimum Gasteiger partial charge on any atom is -0.475 e. The lowest BCUT2D eigenvalue weighted by molar-refractivity contribution is 0.125. The molecular formula is C26H27NO2. The van der Waals surface area contributed by atoms with E-state index < -0.39 is 5.60 Å². The average Bonchev–Trinajstić information content (AvgIpc) is 3.25. The van der Waals surface area contributed by atoms with Crippen LogP contribution in [-0.2, 0) is 10.3 Å². The van der Waals surface area contributed by atoms with Gasteiger partial charge in [0.15, 0.2) is 0 Å². The summed E-state index contributed by atoms with van der Waals surface area (Å²) in [6.45, 7) is 7.07. The molecule has 1 atom stereocenters. The number of aliphatic imine (C=N–C) groups is 1. The molecule has 3 heteroatoms. The highest BCUT2D eigenvalue weighted by Crippen LogP contribution is 2.39. The van der Waals surface area contributed by atoms with E-state index in [0.29, 0.717) is 12.5 Å². The van der Waals surface area contributed by atoms with Gasteiger partial charge in [-0.3, -0.25) is 0 Å². The Balaban J connectivity index is 1.91. The molecule has 0 amide bonds. The van der Waals surface area contributed by atoms with Gasteiger partial charge in [0.05, 0.1) is 6.04 Å². The van der Waals surface area contributed by atoms with Gasteiger partial charge in [-0.25, -0.2) is 4.99 Å². The molecule has 0 aromatic heterocycles. The zero-order valence-corrected chi connectivity index (χ0v) is 17.2. The average molecular weight is 386 g/mol. The smallest absolute Gasteiger partial charge is 0.216 e. The monoisotopic (exact) mass is 385 g/mol. The fourth-order valence-electron chi connectivity index (χ4n) is 3.79. The van der Waals surface area contributed by atoms with E-state index in [4.69, 9.17) is 9.73 Å². The third-order valence-electron chi connectivity index (χ3n) is 5.58. The van der Waals surface area contributed by atoms with E-state index in [1.165, 1.54) is 0 Å². The van der Waals surface area contributed by atoms with Crippen molar-refractivity contribution in [3.8, 4) is 0 Å². The zero-order valence-electron chi connectivity index (χ0n) is 17.2. The van der Waals surface area contributed by atoms with Crippen LogP contribution in [0.1, 0.15) is 43.0 Å². The molecule has 4 rings (SSSR count). The van der Waals surface area contributed by atoms with Gasteiger partial charge in [0.1, 0.15) is 12.2 Å². The summed E-state index contributed by atoms with van der Waals surface area (Å²) in [5.74, 6) is 0.603. The molecule has 0 saturated heterocycles. The summed E-state index contributed by atoms with van der Waals surface area (Å²) in [5, 5.41) is 12.2. The Hall–Kier alpha value is -2.91. The van der Waals surface area contributed by atoms with Crippen molar-refractivity contribution < 1.29 is 9.84 Å². The number of nitrogens with zero attached hydrogens (tertiary/aromatic N) is 1. The standard InChI is InChI=1S/C26H27NO2/c1-25(2,3)23-18-29-24(27-23)21-16-10-11-17-22(21)26(28,19-12-6-4-7-13-19)20-14-8-5-9-15-20/h4-17,23,28H,18H2,1-3H3/t23-/m0/s1. The fraction of sp³-hybridized carbons (Fsp3) is 0.269. The Bertz CT molecular complexity index is 964. The Kier molecular flexibility index (Phi) is 5.01. The predicted molar refractivity (Wildman–Crippen MR) is 117 cm³/mol. The van der Waals surface area contributed by atoms with Gasteiger partial charge >= 0.3 is 0 Å². The van der Waals surface area contributed by atoms with Crippen molar-refractivity contribution in [3.05, 3.63) is 107 Å². The summed E-state index contributed by atoms with van der Waals surface area (Å²) in [7, 11) is 0. The van der Waals surface area contributed by atoms with Crippen LogP contribution in [0.5, 0.6) is 0 Å². The first kappa shape index (κ1) is 19.4. The molecule has 0 unspecified atom stereocenters. The van der Waals surface area contributed by atoms with E-state index in [1.54, 1.807) is 0 Å². The predicted octanol–water partition coefficient (Wildman–Crippen LogP) is 5.16. The first-order chi connectivity index (χ1) is 13.9. The summed E-state index contributed by atoms with van der Waals surface area (Å²) in [4.78, 5) is 4.87. The van der Waals surface area contributed by atoms with Crippen LogP contribution >= 0.6 is 0 Å². The van der Waals surface area contributed by atoms with Gasteiger partial charge < -0.3 is 9.84 Å². The summed E-state index contributed by atoms with van der Waals surface area (Å²) in [6.07, 6.45) is 0. The molecule has 1 aliphatic heterocycles. The van der Waals surface area contributed by atoms with E-state index in [0.717, 1.165) is 22.3 Å². The first-order valence-corrected chi connectivity index (χ1v) is 10.0. The van der Waals surface area contributed by atoms with Gasteiger partial charge in [0, 0.05) is 11.1 Å². The lowest BCUT2D eigenvalue weighted by Crippen LogP contribution is -2.31. The maximum atomic E-state index is 12.2. The third-order valence-corrected chi connectivity index (χ3v) is 5.58. The Morgan fingerprint density at radius 1 is 0.793 bits per heavy atom. The van der Waals surface area contributed by atoms with Crippen LogP contribution in [-0.4, -0.2) is 23.7 Å². The maximum absolute atomic E-state index is 12.2. The Morgan fingerprint density at radius 2 is 1.31 bits per heavy atom. The first-order valence-electron chi connectivity index (χ1n) is 10.0. The molecule has 3 aromatic rings. The highest BCUT2D eigenvalue weighted by molar-refractivity contribution is 5.97. The lowest BCUT2D eigenvalue weighted by Gasteiger charge is -2.31. The van der Waals surface area contributed by atoms with Crippen LogP contribution in [0.4, 0.5) is 0 Å². The third kappa shape index (κ3) is 3.58. The molecule has 0 aliphatic carbocycles. The van der Waals surface area contributed by atoms with Crippen molar-refractivity contribution in [2.45, 2.75) is 32.4 Å². The molecule has 148 valence electrons. The molecule has 1 aliphatic rings. The van der Waals surface area contributed by atoms with Crippen LogP contribution in [0.3, 0.4) is 0 Å². The minimum atomic E-state index is -1.31. The van der Waals surface area contributed by atoms with Crippen molar-refractivity contribution in [3.63, 3.8) is 0 Å². The number of hydrogen-bond acceptors (Lipinski definition) is 3. The Labute approximate surface area is 172 Å².